The van der Waals surface area contributed by atoms with Crippen LogP contribution in [0.15, 0.2) is 23.8 Å². The molecule has 1 aliphatic rings. The summed E-state index contributed by atoms with van der Waals surface area (Å²) in [6.07, 6.45) is 5.90. The molecule has 0 amide bonds. The Morgan fingerprint density at radius 2 is 2.33 bits per heavy atom. The summed E-state index contributed by atoms with van der Waals surface area (Å²) < 4.78 is 0. The second kappa shape index (κ2) is 3.42. The largest absolute Gasteiger partial charge is 0.392 e. The van der Waals surface area contributed by atoms with Crippen LogP contribution < -0.4 is 0 Å². The number of hydrogen-bond acceptors (Lipinski definition) is 2. The van der Waals surface area contributed by atoms with Gasteiger partial charge < -0.3 is 10.2 Å². The summed E-state index contributed by atoms with van der Waals surface area (Å²) in [7, 11) is 0. The molecule has 0 aromatic rings. The predicted molar refractivity (Wildman–Crippen MR) is 48.7 cm³/mol. The lowest BCUT2D eigenvalue weighted by molar-refractivity contribution is 0.0868. The van der Waals surface area contributed by atoms with E-state index in [-0.39, 0.29) is 18.1 Å². The van der Waals surface area contributed by atoms with Crippen molar-refractivity contribution in [3.8, 4) is 0 Å². The fourth-order valence-corrected chi connectivity index (χ4v) is 1.42. The quantitative estimate of drug-likeness (QED) is 0.618. The predicted octanol–water partition coefficient (Wildman–Crippen LogP) is 1.25. The molecule has 68 valence electrons. The molecule has 0 bridgehead atoms. The lowest BCUT2D eigenvalue weighted by Gasteiger charge is -2.32. The maximum absolute atomic E-state index is 9.55. The third-order valence-electron chi connectivity index (χ3n) is 2.31. The van der Waals surface area contributed by atoms with Gasteiger partial charge in [-0.1, -0.05) is 32.1 Å². The molecule has 1 atom stereocenters. The van der Waals surface area contributed by atoms with Crippen LogP contribution in [0.1, 0.15) is 20.3 Å². The molecule has 2 heteroatoms. The van der Waals surface area contributed by atoms with Gasteiger partial charge in [-0.2, -0.15) is 0 Å². The van der Waals surface area contributed by atoms with E-state index in [1.165, 1.54) is 0 Å². The molecule has 0 unspecified atom stereocenters. The topological polar surface area (TPSA) is 40.5 Å². The van der Waals surface area contributed by atoms with Gasteiger partial charge in [0.05, 0.1) is 12.7 Å². The van der Waals surface area contributed by atoms with Gasteiger partial charge in [0, 0.05) is 0 Å². The zero-order valence-electron chi connectivity index (χ0n) is 7.62. The zero-order chi connectivity index (χ0) is 9.19. The Kier molecular flexibility index (Phi) is 2.70. The molecule has 0 aliphatic heterocycles. The molecule has 2 nitrogen and oxygen atoms in total. The SMILES string of the molecule is CC1(C)C/C(=C\CO)C=C[C@@H]1O. The number of hydrogen-bond donors (Lipinski definition) is 2. The minimum Gasteiger partial charge on any atom is -0.392 e. The van der Waals surface area contributed by atoms with Gasteiger partial charge in [0.25, 0.3) is 0 Å². The van der Waals surface area contributed by atoms with Crippen LogP contribution >= 0.6 is 0 Å². The van der Waals surface area contributed by atoms with Crippen molar-refractivity contribution in [2.75, 3.05) is 6.61 Å². The third kappa shape index (κ3) is 1.96. The van der Waals surface area contributed by atoms with Crippen LogP contribution in [0.25, 0.3) is 0 Å². The van der Waals surface area contributed by atoms with E-state index < -0.39 is 0 Å². The number of allylic oxidation sites excluding steroid dienone is 2. The van der Waals surface area contributed by atoms with Crippen molar-refractivity contribution in [2.45, 2.75) is 26.4 Å². The molecular formula is C10H16O2. The standard InChI is InChI=1S/C10H16O2/c1-10(2)7-8(5-6-11)3-4-9(10)12/h3-5,9,11-12H,6-7H2,1-2H3/b8-5-/t9-/m0/s1. The molecule has 0 radical (unpaired) electrons. The molecule has 1 aliphatic carbocycles. The Bertz CT molecular complexity index is 214. The number of aliphatic hydroxyl groups is 2. The van der Waals surface area contributed by atoms with Gasteiger partial charge in [-0.3, -0.25) is 0 Å². The van der Waals surface area contributed by atoms with Crippen LogP contribution in [0.2, 0.25) is 0 Å². The van der Waals surface area contributed by atoms with Gasteiger partial charge >= 0.3 is 0 Å². The minimum absolute atomic E-state index is 0.0752. The van der Waals surface area contributed by atoms with Crippen molar-refractivity contribution >= 4 is 0 Å². The van der Waals surface area contributed by atoms with Crippen molar-refractivity contribution in [3.63, 3.8) is 0 Å². The molecule has 12 heavy (non-hydrogen) atoms. The summed E-state index contributed by atoms with van der Waals surface area (Å²) in [5, 5.41) is 18.2. The summed E-state index contributed by atoms with van der Waals surface area (Å²) in [6.45, 7) is 4.12. The van der Waals surface area contributed by atoms with Gasteiger partial charge in [-0.25, -0.2) is 0 Å². The zero-order valence-corrected chi connectivity index (χ0v) is 7.62. The Morgan fingerprint density at radius 1 is 1.67 bits per heavy atom. The monoisotopic (exact) mass is 168 g/mol. The Balaban J connectivity index is 2.79. The van der Waals surface area contributed by atoms with E-state index in [1.54, 1.807) is 12.2 Å². The highest BCUT2D eigenvalue weighted by molar-refractivity contribution is 5.26. The van der Waals surface area contributed by atoms with E-state index in [0.29, 0.717) is 0 Å². The highest BCUT2D eigenvalue weighted by atomic mass is 16.3. The molecule has 0 heterocycles. The molecule has 0 fully saturated rings. The molecule has 1 rings (SSSR count). The second-order valence-corrected chi connectivity index (χ2v) is 3.93. The van der Waals surface area contributed by atoms with Crippen LogP contribution in [0.3, 0.4) is 0 Å². The van der Waals surface area contributed by atoms with E-state index in [1.807, 2.05) is 19.9 Å². The van der Waals surface area contributed by atoms with E-state index in [2.05, 4.69) is 0 Å². The van der Waals surface area contributed by atoms with Gasteiger partial charge in [0.15, 0.2) is 0 Å². The Labute approximate surface area is 73.2 Å². The average Bonchev–Trinajstić information content (AvgIpc) is 1.97. The fourth-order valence-electron chi connectivity index (χ4n) is 1.42. The first-order valence-corrected chi connectivity index (χ1v) is 4.22. The van der Waals surface area contributed by atoms with Crippen molar-refractivity contribution < 1.29 is 10.2 Å². The average molecular weight is 168 g/mol. The minimum atomic E-state index is -0.367. The Morgan fingerprint density at radius 3 is 2.83 bits per heavy atom. The lowest BCUT2D eigenvalue weighted by Crippen LogP contribution is -2.30. The molecule has 0 spiro atoms. The van der Waals surface area contributed by atoms with Crippen LogP contribution in [-0.2, 0) is 0 Å². The summed E-state index contributed by atoms with van der Waals surface area (Å²) >= 11 is 0. The molecular weight excluding hydrogens is 152 g/mol. The highest BCUT2D eigenvalue weighted by Gasteiger charge is 2.29. The molecule has 0 aromatic heterocycles. The van der Waals surface area contributed by atoms with Crippen molar-refractivity contribution in [2.24, 2.45) is 5.41 Å². The maximum Gasteiger partial charge on any atom is 0.0778 e. The smallest absolute Gasteiger partial charge is 0.0778 e. The van der Waals surface area contributed by atoms with Crippen LogP contribution in [0.5, 0.6) is 0 Å². The van der Waals surface area contributed by atoms with Crippen molar-refractivity contribution in [3.05, 3.63) is 23.8 Å². The maximum atomic E-state index is 9.55. The number of aliphatic hydroxyl groups excluding tert-OH is 2. The van der Waals surface area contributed by atoms with Crippen LogP contribution in [0.4, 0.5) is 0 Å². The fraction of sp³-hybridized carbons (Fsp3) is 0.600. The van der Waals surface area contributed by atoms with Gasteiger partial charge in [-0.05, 0) is 17.4 Å². The second-order valence-electron chi connectivity index (χ2n) is 3.93. The van der Waals surface area contributed by atoms with E-state index in [4.69, 9.17) is 5.11 Å². The van der Waals surface area contributed by atoms with Crippen LogP contribution in [-0.4, -0.2) is 22.9 Å². The molecule has 0 saturated carbocycles. The van der Waals surface area contributed by atoms with Crippen LogP contribution in [0, 0.1) is 5.41 Å². The Hall–Kier alpha value is -0.600. The van der Waals surface area contributed by atoms with Crippen molar-refractivity contribution in [1.82, 2.24) is 0 Å². The van der Waals surface area contributed by atoms with Gasteiger partial charge in [0.1, 0.15) is 0 Å². The highest BCUT2D eigenvalue weighted by Crippen LogP contribution is 2.34. The lowest BCUT2D eigenvalue weighted by atomic mass is 9.76. The third-order valence-corrected chi connectivity index (χ3v) is 2.31. The molecule has 2 N–H and O–H groups in total. The van der Waals surface area contributed by atoms with E-state index >= 15 is 0 Å². The first-order valence-electron chi connectivity index (χ1n) is 4.22. The summed E-state index contributed by atoms with van der Waals surface area (Å²) in [4.78, 5) is 0. The summed E-state index contributed by atoms with van der Waals surface area (Å²) in [6, 6.07) is 0. The normalized spacial score (nSPS) is 31.0. The molecule has 0 aromatic carbocycles. The number of rotatable bonds is 1. The van der Waals surface area contributed by atoms with E-state index in [0.717, 1.165) is 12.0 Å². The van der Waals surface area contributed by atoms with Gasteiger partial charge in [-0.15, -0.1) is 0 Å². The van der Waals surface area contributed by atoms with Crippen molar-refractivity contribution in [1.29, 1.82) is 0 Å². The first-order chi connectivity index (χ1) is 5.56. The summed E-state index contributed by atoms with van der Waals surface area (Å²) in [5.41, 5.74) is 1.00. The van der Waals surface area contributed by atoms with E-state index in [9.17, 15) is 5.11 Å². The van der Waals surface area contributed by atoms with Gasteiger partial charge in [0.2, 0.25) is 0 Å². The summed E-state index contributed by atoms with van der Waals surface area (Å²) in [5.74, 6) is 0. The first kappa shape index (κ1) is 9.49. The molecule has 0 saturated heterocycles.